The maximum Gasteiger partial charge on any atom is 0.413 e. The van der Waals surface area contributed by atoms with Gasteiger partial charge in [0.05, 0.1) is 29.8 Å². The van der Waals surface area contributed by atoms with Crippen LogP contribution in [0.25, 0.3) is 10.8 Å². The van der Waals surface area contributed by atoms with E-state index in [1.54, 1.807) is 18.2 Å². The summed E-state index contributed by atoms with van der Waals surface area (Å²) in [5.74, 6) is -0.456. The number of thiophene rings is 1. The molecule has 2 aromatic heterocycles. The van der Waals surface area contributed by atoms with Crippen molar-refractivity contribution in [2.75, 3.05) is 32.2 Å². The SMILES string of the molecule is CCCN(Cc1nnc(-c2cccs2)o1)C(=O)COC(=O)c1ccccc1N(C)C(=O)OC. The molecule has 10 nitrogen and oxygen atoms in total. The standard InChI is InChI=1S/C22H24N4O6S/c1-4-11-26(13-18-23-24-20(32-18)17-10-7-12-33-17)19(27)14-31-21(28)15-8-5-6-9-16(15)25(2)22(29)30-3/h5-10,12H,4,11,13-14H2,1-3H3. The zero-order valence-electron chi connectivity index (χ0n) is 18.5. The topological polar surface area (TPSA) is 115 Å². The zero-order valence-corrected chi connectivity index (χ0v) is 19.3. The lowest BCUT2D eigenvalue weighted by molar-refractivity contribution is -0.135. The molecule has 174 valence electrons. The Labute approximate surface area is 194 Å². The number of nitrogens with zero attached hydrogens (tertiary/aromatic N) is 4. The molecule has 0 fully saturated rings. The van der Waals surface area contributed by atoms with Crippen molar-refractivity contribution in [3.63, 3.8) is 0 Å². The molecule has 0 unspecified atom stereocenters. The van der Waals surface area contributed by atoms with E-state index in [1.165, 1.54) is 41.4 Å². The third-order valence-electron chi connectivity index (χ3n) is 4.63. The number of aromatic nitrogens is 2. The molecule has 3 aromatic rings. The van der Waals surface area contributed by atoms with Crippen molar-refractivity contribution >= 4 is 35.0 Å². The smallest absolute Gasteiger partial charge is 0.413 e. The highest BCUT2D eigenvalue weighted by molar-refractivity contribution is 7.13. The van der Waals surface area contributed by atoms with Crippen molar-refractivity contribution in [2.24, 2.45) is 0 Å². The number of anilines is 1. The Kier molecular flexibility index (Phi) is 8.14. The molecule has 0 aliphatic heterocycles. The summed E-state index contributed by atoms with van der Waals surface area (Å²) in [6.07, 6.45) is 0.0557. The number of hydrogen-bond acceptors (Lipinski definition) is 9. The van der Waals surface area contributed by atoms with Crippen LogP contribution in [0.2, 0.25) is 0 Å². The summed E-state index contributed by atoms with van der Waals surface area (Å²) in [5, 5.41) is 9.94. The predicted molar refractivity (Wildman–Crippen MR) is 121 cm³/mol. The van der Waals surface area contributed by atoms with Gasteiger partial charge in [-0.1, -0.05) is 25.1 Å². The molecule has 2 heterocycles. The number of carbonyl (C=O) groups excluding carboxylic acids is 3. The summed E-state index contributed by atoms with van der Waals surface area (Å²) in [4.78, 5) is 40.8. The van der Waals surface area contributed by atoms with E-state index in [4.69, 9.17) is 13.9 Å². The van der Waals surface area contributed by atoms with E-state index in [0.717, 1.165) is 4.88 Å². The predicted octanol–water partition coefficient (Wildman–Crippen LogP) is 3.60. The number of carbonyl (C=O) groups is 3. The molecule has 0 radical (unpaired) electrons. The molecule has 0 saturated heterocycles. The fourth-order valence-electron chi connectivity index (χ4n) is 3.01. The lowest BCUT2D eigenvalue weighted by atomic mass is 10.1. The molecule has 1 aromatic carbocycles. The highest BCUT2D eigenvalue weighted by Crippen LogP contribution is 2.24. The van der Waals surface area contributed by atoms with Crippen molar-refractivity contribution in [2.45, 2.75) is 19.9 Å². The number of benzene rings is 1. The Balaban J connectivity index is 1.64. The number of esters is 1. The Morgan fingerprint density at radius 3 is 2.61 bits per heavy atom. The molecule has 33 heavy (non-hydrogen) atoms. The average molecular weight is 473 g/mol. The van der Waals surface area contributed by atoms with Crippen LogP contribution in [0.15, 0.2) is 46.2 Å². The molecule has 11 heteroatoms. The van der Waals surface area contributed by atoms with Crippen LogP contribution >= 0.6 is 11.3 Å². The van der Waals surface area contributed by atoms with Gasteiger partial charge in [0.15, 0.2) is 6.61 Å². The van der Waals surface area contributed by atoms with Gasteiger partial charge in [-0.25, -0.2) is 9.59 Å². The number of para-hydroxylation sites is 1. The minimum atomic E-state index is -0.732. The molecule has 0 atom stereocenters. The van der Waals surface area contributed by atoms with E-state index in [9.17, 15) is 14.4 Å². The van der Waals surface area contributed by atoms with E-state index in [2.05, 4.69) is 10.2 Å². The van der Waals surface area contributed by atoms with Crippen molar-refractivity contribution in [1.29, 1.82) is 0 Å². The summed E-state index contributed by atoms with van der Waals surface area (Å²) >= 11 is 1.47. The second-order valence-electron chi connectivity index (χ2n) is 6.92. The van der Waals surface area contributed by atoms with Gasteiger partial charge in [-0.05, 0) is 30.0 Å². The van der Waals surface area contributed by atoms with Crippen LogP contribution in [-0.2, 0) is 20.8 Å². The van der Waals surface area contributed by atoms with Crippen molar-refractivity contribution in [3.05, 3.63) is 53.2 Å². The number of hydrogen-bond donors (Lipinski definition) is 0. The molecule has 3 rings (SSSR count). The maximum atomic E-state index is 12.8. The van der Waals surface area contributed by atoms with Gasteiger partial charge in [-0.15, -0.1) is 21.5 Å². The molecule has 0 bridgehead atoms. The Morgan fingerprint density at radius 1 is 1.12 bits per heavy atom. The minimum Gasteiger partial charge on any atom is -0.452 e. The zero-order chi connectivity index (χ0) is 23.8. The lowest BCUT2D eigenvalue weighted by Crippen LogP contribution is -2.35. The first-order valence-corrected chi connectivity index (χ1v) is 11.0. The second kappa shape index (κ2) is 11.2. The number of methoxy groups -OCH3 is 1. The van der Waals surface area contributed by atoms with E-state index >= 15 is 0 Å². The minimum absolute atomic E-state index is 0.101. The number of ether oxygens (including phenoxy) is 2. The summed E-state index contributed by atoms with van der Waals surface area (Å²) in [6.45, 7) is 1.98. The van der Waals surface area contributed by atoms with Crippen LogP contribution in [-0.4, -0.2) is 60.4 Å². The van der Waals surface area contributed by atoms with Crippen LogP contribution in [0.1, 0.15) is 29.6 Å². The van der Waals surface area contributed by atoms with E-state index in [1.807, 2.05) is 24.4 Å². The van der Waals surface area contributed by atoms with Gasteiger partial charge in [0, 0.05) is 13.6 Å². The average Bonchev–Trinajstić information content (AvgIpc) is 3.53. The fraction of sp³-hybridized carbons (Fsp3) is 0.318. The maximum absolute atomic E-state index is 12.8. The molecule has 0 aliphatic rings. The van der Waals surface area contributed by atoms with Crippen LogP contribution in [0.5, 0.6) is 0 Å². The number of rotatable bonds is 9. The van der Waals surface area contributed by atoms with Gasteiger partial charge < -0.3 is 18.8 Å². The number of amides is 2. The lowest BCUT2D eigenvalue weighted by Gasteiger charge is -2.21. The van der Waals surface area contributed by atoms with E-state index < -0.39 is 24.6 Å². The molecular formula is C22H24N4O6S. The first-order valence-electron chi connectivity index (χ1n) is 10.2. The quantitative estimate of drug-likeness (QED) is 0.434. The van der Waals surface area contributed by atoms with Crippen LogP contribution < -0.4 is 4.90 Å². The highest BCUT2D eigenvalue weighted by atomic mass is 32.1. The molecule has 0 saturated carbocycles. The third kappa shape index (κ3) is 5.95. The third-order valence-corrected chi connectivity index (χ3v) is 5.49. The second-order valence-corrected chi connectivity index (χ2v) is 7.86. The van der Waals surface area contributed by atoms with E-state index in [-0.39, 0.29) is 18.0 Å². The van der Waals surface area contributed by atoms with Gasteiger partial charge >= 0.3 is 12.1 Å². The first kappa shape index (κ1) is 23.9. The molecule has 2 amide bonds. The van der Waals surface area contributed by atoms with Crippen LogP contribution in [0, 0.1) is 0 Å². The monoisotopic (exact) mass is 472 g/mol. The first-order chi connectivity index (χ1) is 15.9. The van der Waals surface area contributed by atoms with Gasteiger partial charge in [0.1, 0.15) is 0 Å². The van der Waals surface area contributed by atoms with Gasteiger partial charge in [0.25, 0.3) is 11.8 Å². The van der Waals surface area contributed by atoms with Crippen molar-refractivity contribution < 1.29 is 28.3 Å². The Bertz CT molecular complexity index is 1100. The normalized spacial score (nSPS) is 10.5. The summed E-state index contributed by atoms with van der Waals surface area (Å²) in [7, 11) is 2.72. The van der Waals surface area contributed by atoms with E-state index in [0.29, 0.717) is 24.5 Å². The van der Waals surface area contributed by atoms with Crippen LogP contribution in [0.4, 0.5) is 10.5 Å². The summed E-state index contributed by atoms with van der Waals surface area (Å²) in [6, 6.07) is 10.2. The van der Waals surface area contributed by atoms with Gasteiger partial charge in [-0.2, -0.15) is 0 Å². The van der Waals surface area contributed by atoms with Crippen molar-refractivity contribution in [1.82, 2.24) is 15.1 Å². The molecule has 0 spiro atoms. The van der Waals surface area contributed by atoms with Crippen molar-refractivity contribution in [3.8, 4) is 10.8 Å². The molecule has 0 aliphatic carbocycles. The highest BCUT2D eigenvalue weighted by Gasteiger charge is 2.23. The Hall–Kier alpha value is -3.73. The Morgan fingerprint density at radius 2 is 1.91 bits per heavy atom. The molecule has 0 N–H and O–H groups in total. The largest absolute Gasteiger partial charge is 0.452 e. The summed E-state index contributed by atoms with van der Waals surface area (Å²) in [5.41, 5.74) is 0.442. The van der Waals surface area contributed by atoms with Gasteiger partial charge in [-0.3, -0.25) is 9.69 Å². The van der Waals surface area contributed by atoms with Crippen LogP contribution in [0.3, 0.4) is 0 Å². The van der Waals surface area contributed by atoms with Gasteiger partial charge in [0.2, 0.25) is 5.89 Å². The fourth-order valence-corrected chi connectivity index (χ4v) is 3.66. The molecular weight excluding hydrogens is 448 g/mol. The summed E-state index contributed by atoms with van der Waals surface area (Å²) < 4.78 is 15.6.